The van der Waals surface area contributed by atoms with E-state index in [9.17, 15) is 9.18 Å². The highest BCUT2D eigenvalue weighted by Crippen LogP contribution is 2.17. The minimum Gasteiger partial charge on any atom is -0.384 e. The Labute approximate surface area is 97.9 Å². The van der Waals surface area contributed by atoms with Crippen LogP contribution in [0, 0.1) is 12.7 Å². The van der Waals surface area contributed by atoms with Crippen molar-refractivity contribution in [1.29, 1.82) is 0 Å². The molecule has 0 aliphatic carbocycles. The van der Waals surface area contributed by atoms with Crippen molar-refractivity contribution in [2.75, 3.05) is 5.73 Å². The summed E-state index contributed by atoms with van der Waals surface area (Å²) in [5, 5.41) is 2.81. The third-order valence-corrected chi connectivity index (χ3v) is 2.92. The third kappa shape index (κ3) is 1.95. The van der Waals surface area contributed by atoms with Crippen LogP contribution >= 0.6 is 0 Å². The number of aromatic nitrogens is 2. The van der Waals surface area contributed by atoms with Crippen molar-refractivity contribution in [3.63, 3.8) is 0 Å². The van der Waals surface area contributed by atoms with Gasteiger partial charge in [0.1, 0.15) is 11.6 Å². The lowest BCUT2D eigenvalue weighted by Gasteiger charge is -2.12. The maximum Gasteiger partial charge on any atom is 0.272 e. The van der Waals surface area contributed by atoms with E-state index < -0.39 is 0 Å². The van der Waals surface area contributed by atoms with E-state index >= 15 is 0 Å². The number of H-pyrrole nitrogens is 1. The lowest BCUT2D eigenvalue weighted by molar-refractivity contribution is 0.546. The van der Waals surface area contributed by atoms with Gasteiger partial charge in [0, 0.05) is 0 Å². The van der Waals surface area contributed by atoms with Gasteiger partial charge in [0.25, 0.3) is 5.56 Å². The molecule has 0 radical (unpaired) electrons. The lowest BCUT2D eigenvalue weighted by Crippen LogP contribution is -2.22. The van der Waals surface area contributed by atoms with E-state index in [2.05, 4.69) is 5.10 Å². The molecule has 1 unspecified atom stereocenters. The molecule has 1 heterocycles. The van der Waals surface area contributed by atoms with E-state index in [1.165, 1.54) is 16.8 Å². The summed E-state index contributed by atoms with van der Waals surface area (Å²) in [6, 6.07) is 5.84. The maximum absolute atomic E-state index is 12.8. The van der Waals surface area contributed by atoms with Crippen LogP contribution in [0.1, 0.15) is 24.1 Å². The molecule has 0 fully saturated rings. The summed E-state index contributed by atoms with van der Waals surface area (Å²) in [5.74, 6) is 0.0689. The van der Waals surface area contributed by atoms with Gasteiger partial charge in [-0.1, -0.05) is 12.1 Å². The van der Waals surface area contributed by atoms with Gasteiger partial charge in [-0.05, 0) is 31.5 Å². The fourth-order valence-corrected chi connectivity index (χ4v) is 1.72. The maximum atomic E-state index is 12.8. The first kappa shape index (κ1) is 11.4. The number of nitrogens with two attached hydrogens (primary N) is 1. The number of benzene rings is 1. The monoisotopic (exact) mass is 235 g/mol. The van der Waals surface area contributed by atoms with Crippen LogP contribution in [0.5, 0.6) is 0 Å². The van der Waals surface area contributed by atoms with Crippen molar-refractivity contribution in [2.24, 2.45) is 0 Å². The molecular weight excluding hydrogens is 221 g/mol. The van der Waals surface area contributed by atoms with E-state index in [-0.39, 0.29) is 17.4 Å². The van der Waals surface area contributed by atoms with Crippen LogP contribution in [-0.2, 0) is 0 Å². The minimum atomic E-state index is -0.296. The highest BCUT2D eigenvalue weighted by Gasteiger charge is 2.14. The van der Waals surface area contributed by atoms with Gasteiger partial charge in [0.2, 0.25) is 0 Å². The molecule has 0 saturated carbocycles. The molecule has 5 heteroatoms. The summed E-state index contributed by atoms with van der Waals surface area (Å²) in [6.07, 6.45) is 0. The molecule has 2 aromatic rings. The highest BCUT2D eigenvalue weighted by atomic mass is 19.1. The van der Waals surface area contributed by atoms with Crippen LogP contribution in [0.3, 0.4) is 0 Å². The van der Waals surface area contributed by atoms with Gasteiger partial charge in [-0.2, -0.15) is 0 Å². The molecule has 90 valence electrons. The number of aromatic amines is 1. The second kappa shape index (κ2) is 4.08. The molecule has 3 N–H and O–H groups in total. The molecule has 0 saturated heterocycles. The summed E-state index contributed by atoms with van der Waals surface area (Å²) in [4.78, 5) is 11.8. The molecule has 0 amide bonds. The van der Waals surface area contributed by atoms with E-state index in [4.69, 9.17) is 5.73 Å². The molecule has 1 aromatic heterocycles. The van der Waals surface area contributed by atoms with Crippen LogP contribution < -0.4 is 11.3 Å². The molecule has 2 rings (SSSR count). The molecule has 0 aliphatic rings. The van der Waals surface area contributed by atoms with Gasteiger partial charge in [0.05, 0.1) is 11.6 Å². The van der Waals surface area contributed by atoms with E-state index in [1.54, 1.807) is 19.1 Å². The Bertz CT molecular complexity index is 583. The molecule has 1 atom stereocenters. The largest absolute Gasteiger partial charge is 0.384 e. The van der Waals surface area contributed by atoms with Crippen molar-refractivity contribution in [1.82, 2.24) is 9.78 Å². The Hall–Kier alpha value is -2.04. The fourth-order valence-electron chi connectivity index (χ4n) is 1.72. The third-order valence-electron chi connectivity index (χ3n) is 2.92. The average molecular weight is 235 g/mol. The lowest BCUT2D eigenvalue weighted by atomic mass is 10.1. The normalized spacial score (nSPS) is 12.6. The molecule has 1 aromatic carbocycles. The zero-order chi connectivity index (χ0) is 12.6. The molecular formula is C12H14FN3O. The zero-order valence-electron chi connectivity index (χ0n) is 9.70. The van der Waals surface area contributed by atoms with Crippen LogP contribution in [0.25, 0.3) is 0 Å². The summed E-state index contributed by atoms with van der Waals surface area (Å²) in [6.45, 7) is 3.52. The van der Waals surface area contributed by atoms with Gasteiger partial charge in [-0.15, -0.1) is 0 Å². The zero-order valence-corrected chi connectivity index (χ0v) is 9.70. The van der Waals surface area contributed by atoms with Gasteiger partial charge in [0.15, 0.2) is 0 Å². The number of rotatable bonds is 2. The minimum absolute atomic E-state index is 0.153. The predicted octanol–water partition coefficient (Wildman–Crippen LogP) is 1.82. The van der Waals surface area contributed by atoms with Gasteiger partial charge in [-0.25, -0.2) is 9.07 Å². The molecule has 0 bridgehead atoms. The molecule has 0 aliphatic heterocycles. The average Bonchev–Trinajstić information content (AvgIpc) is 2.57. The van der Waals surface area contributed by atoms with Crippen molar-refractivity contribution in [3.05, 3.63) is 51.6 Å². The van der Waals surface area contributed by atoms with Gasteiger partial charge < -0.3 is 5.73 Å². The summed E-state index contributed by atoms with van der Waals surface area (Å²) >= 11 is 0. The van der Waals surface area contributed by atoms with E-state index in [1.807, 2.05) is 6.92 Å². The first-order chi connectivity index (χ1) is 8.00. The summed E-state index contributed by atoms with van der Waals surface area (Å²) < 4.78 is 14.2. The van der Waals surface area contributed by atoms with Crippen molar-refractivity contribution in [3.8, 4) is 0 Å². The number of nitrogen functional groups attached to an aromatic ring is 1. The van der Waals surface area contributed by atoms with Crippen LogP contribution in [0.2, 0.25) is 0 Å². The SMILES string of the molecule is Cc1c(N)[nH]n(C(C)c2ccc(F)cc2)c1=O. The predicted molar refractivity (Wildman–Crippen MR) is 64.4 cm³/mol. The highest BCUT2D eigenvalue weighted by molar-refractivity contribution is 5.36. The Kier molecular flexibility index (Phi) is 2.75. The van der Waals surface area contributed by atoms with Crippen molar-refractivity contribution >= 4 is 5.82 Å². The quantitative estimate of drug-likeness (QED) is 0.833. The number of halogens is 1. The topological polar surface area (TPSA) is 63.8 Å². The molecule has 17 heavy (non-hydrogen) atoms. The fraction of sp³-hybridized carbons (Fsp3) is 0.250. The summed E-state index contributed by atoms with van der Waals surface area (Å²) in [7, 11) is 0. The second-order valence-corrected chi connectivity index (χ2v) is 4.05. The smallest absolute Gasteiger partial charge is 0.272 e. The van der Waals surface area contributed by atoms with Gasteiger partial charge >= 0.3 is 0 Å². The number of hydrogen-bond donors (Lipinski definition) is 2. The number of nitrogens with zero attached hydrogens (tertiary/aromatic N) is 1. The van der Waals surface area contributed by atoms with Crippen LogP contribution in [0.4, 0.5) is 10.2 Å². The van der Waals surface area contributed by atoms with Gasteiger partial charge in [-0.3, -0.25) is 9.89 Å². The second-order valence-electron chi connectivity index (χ2n) is 4.05. The number of anilines is 1. The first-order valence-corrected chi connectivity index (χ1v) is 5.32. The molecule has 0 spiro atoms. The van der Waals surface area contributed by atoms with Crippen LogP contribution in [0.15, 0.2) is 29.1 Å². The Morgan fingerprint density at radius 3 is 2.41 bits per heavy atom. The Morgan fingerprint density at radius 2 is 1.94 bits per heavy atom. The van der Waals surface area contributed by atoms with Crippen molar-refractivity contribution in [2.45, 2.75) is 19.9 Å². The number of hydrogen-bond acceptors (Lipinski definition) is 2. The van der Waals surface area contributed by atoms with E-state index in [0.717, 1.165) is 5.56 Å². The standard InChI is InChI=1S/C12H14FN3O/c1-7-11(14)15-16(12(7)17)8(2)9-3-5-10(13)6-4-9/h3-6,8,15H,14H2,1-2H3. The summed E-state index contributed by atoms with van der Waals surface area (Å²) in [5.41, 5.74) is 6.83. The number of nitrogens with one attached hydrogen (secondary N) is 1. The van der Waals surface area contributed by atoms with E-state index in [0.29, 0.717) is 11.4 Å². The molecule has 4 nitrogen and oxygen atoms in total. The Morgan fingerprint density at radius 1 is 1.35 bits per heavy atom. The van der Waals surface area contributed by atoms with Crippen molar-refractivity contribution < 1.29 is 4.39 Å². The van der Waals surface area contributed by atoms with Crippen LogP contribution in [-0.4, -0.2) is 9.78 Å². The Balaban J connectivity index is 2.43. The first-order valence-electron chi connectivity index (χ1n) is 5.32.